The van der Waals surface area contributed by atoms with E-state index in [1.54, 1.807) is 43.5 Å². The zero-order valence-corrected chi connectivity index (χ0v) is 21.7. The summed E-state index contributed by atoms with van der Waals surface area (Å²) < 4.78 is 60.9. The molecular formula is C28H30O5S2. The molecule has 0 aromatic heterocycles. The highest BCUT2D eigenvalue weighted by Gasteiger charge is 2.63. The van der Waals surface area contributed by atoms with Crippen molar-refractivity contribution in [2.45, 2.75) is 46.2 Å². The van der Waals surface area contributed by atoms with Gasteiger partial charge in [0.1, 0.15) is 0 Å². The Hall–Kier alpha value is -2.74. The summed E-state index contributed by atoms with van der Waals surface area (Å²) in [5.74, 6) is -0.440. The van der Waals surface area contributed by atoms with E-state index in [-0.39, 0.29) is 22.6 Å². The van der Waals surface area contributed by atoms with Crippen molar-refractivity contribution in [3.8, 4) is 0 Å². The summed E-state index contributed by atoms with van der Waals surface area (Å²) in [5, 5.41) is 0. The van der Waals surface area contributed by atoms with Gasteiger partial charge < -0.3 is 4.74 Å². The van der Waals surface area contributed by atoms with Crippen molar-refractivity contribution in [3.05, 3.63) is 102 Å². The quantitative estimate of drug-likeness (QED) is 0.417. The highest BCUT2D eigenvalue weighted by Crippen LogP contribution is 2.55. The van der Waals surface area contributed by atoms with Crippen molar-refractivity contribution in [1.82, 2.24) is 0 Å². The topological polar surface area (TPSA) is 77.5 Å². The molecule has 35 heavy (non-hydrogen) atoms. The predicted octanol–water partition coefficient (Wildman–Crippen LogP) is 5.55. The third-order valence-corrected chi connectivity index (χ3v) is 12.7. The lowest BCUT2D eigenvalue weighted by Gasteiger charge is -2.33. The Morgan fingerprint density at radius 3 is 1.63 bits per heavy atom. The summed E-state index contributed by atoms with van der Waals surface area (Å²) in [7, 11) is -7.07. The molecule has 0 N–H and O–H groups in total. The number of ether oxygens (including phenoxy) is 1. The minimum absolute atomic E-state index is 0.00515. The molecule has 0 radical (unpaired) electrons. The molecule has 1 aliphatic carbocycles. The number of rotatable bonds is 7. The Labute approximate surface area is 208 Å². The van der Waals surface area contributed by atoms with E-state index in [4.69, 9.17) is 4.74 Å². The SMILES string of the molecule is COC(C)(C)[C@H]1CC(S(=O)(=O)c2ccccc2)(S(=O)(=O)c2ccccc2)C/C1=C/c1ccccc1. The summed E-state index contributed by atoms with van der Waals surface area (Å²) in [5.41, 5.74) is 0.826. The van der Waals surface area contributed by atoms with Crippen molar-refractivity contribution < 1.29 is 21.6 Å². The molecule has 0 saturated heterocycles. The smallest absolute Gasteiger partial charge is 0.199 e. The largest absolute Gasteiger partial charge is 0.378 e. The van der Waals surface area contributed by atoms with E-state index in [0.717, 1.165) is 11.1 Å². The van der Waals surface area contributed by atoms with Gasteiger partial charge in [-0.05, 0) is 50.1 Å². The van der Waals surface area contributed by atoms with Crippen LogP contribution < -0.4 is 0 Å². The van der Waals surface area contributed by atoms with Gasteiger partial charge in [-0.25, -0.2) is 16.8 Å². The van der Waals surface area contributed by atoms with Gasteiger partial charge in [0.05, 0.1) is 15.4 Å². The minimum atomic E-state index is -4.32. The molecule has 0 aliphatic heterocycles. The Kier molecular flexibility index (Phi) is 6.79. The number of hydrogen-bond donors (Lipinski definition) is 0. The van der Waals surface area contributed by atoms with Crippen LogP contribution >= 0.6 is 0 Å². The second kappa shape index (κ2) is 9.37. The third-order valence-electron chi connectivity index (χ3n) is 7.04. The fourth-order valence-corrected chi connectivity index (χ4v) is 9.99. The Morgan fingerprint density at radius 1 is 0.771 bits per heavy atom. The normalized spacial score (nSPS) is 19.6. The van der Waals surface area contributed by atoms with Crippen LogP contribution in [-0.4, -0.2) is 33.6 Å². The predicted molar refractivity (Wildman–Crippen MR) is 138 cm³/mol. The van der Waals surface area contributed by atoms with Crippen LogP contribution in [0, 0.1) is 5.92 Å². The second-order valence-corrected chi connectivity index (χ2v) is 14.2. The van der Waals surface area contributed by atoms with E-state index in [0.29, 0.717) is 0 Å². The summed E-state index contributed by atoms with van der Waals surface area (Å²) >= 11 is 0. The average Bonchev–Trinajstić information content (AvgIpc) is 3.28. The lowest BCUT2D eigenvalue weighted by molar-refractivity contribution is -0.0138. The van der Waals surface area contributed by atoms with Gasteiger partial charge in [-0.1, -0.05) is 78.4 Å². The maximum atomic E-state index is 14.3. The van der Waals surface area contributed by atoms with Crippen molar-refractivity contribution >= 4 is 25.8 Å². The Morgan fingerprint density at radius 2 is 1.20 bits per heavy atom. The molecule has 5 nitrogen and oxygen atoms in total. The van der Waals surface area contributed by atoms with Gasteiger partial charge in [0.2, 0.25) is 0 Å². The standard InChI is InChI=1S/C28H30O5S2/c1-27(2,33-3)26-21-28(34(29,30)24-15-9-5-10-16-24,35(31,32)25-17-11-6-12-18-25)20-23(26)19-22-13-7-4-8-14-22/h4-19,26H,20-21H2,1-3H3/b23-19-/t26-/m0/s1. The van der Waals surface area contributed by atoms with Crippen LogP contribution in [0.5, 0.6) is 0 Å². The molecular weight excluding hydrogens is 480 g/mol. The van der Waals surface area contributed by atoms with Crippen LogP contribution in [0.3, 0.4) is 0 Å². The number of hydrogen-bond acceptors (Lipinski definition) is 5. The van der Waals surface area contributed by atoms with Gasteiger partial charge in [-0.3, -0.25) is 0 Å². The van der Waals surface area contributed by atoms with E-state index >= 15 is 0 Å². The van der Waals surface area contributed by atoms with Gasteiger partial charge in [-0.15, -0.1) is 0 Å². The van der Waals surface area contributed by atoms with E-state index in [2.05, 4.69) is 0 Å². The number of benzene rings is 3. The molecule has 0 heterocycles. The molecule has 1 fully saturated rings. The Bertz CT molecular complexity index is 1340. The molecule has 3 aromatic carbocycles. The second-order valence-electron chi connectivity index (χ2n) is 9.41. The van der Waals surface area contributed by atoms with Crippen molar-refractivity contribution in [2.24, 2.45) is 5.92 Å². The zero-order valence-electron chi connectivity index (χ0n) is 20.1. The average molecular weight is 511 g/mol. The zero-order chi connectivity index (χ0) is 25.3. The molecule has 3 aromatic rings. The molecule has 0 unspecified atom stereocenters. The minimum Gasteiger partial charge on any atom is -0.378 e. The third kappa shape index (κ3) is 4.37. The molecule has 1 saturated carbocycles. The van der Waals surface area contributed by atoms with Crippen LogP contribution in [-0.2, 0) is 24.4 Å². The first-order chi connectivity index (χ1) is 16.5. The first kappa shape index (κ1) is 25.4. The van der Waals surface area contributed by atoms with Crippen LogP contribution in [0.25, 0.3) is 6.08 Å². The van der Waals surface area contributed by atoms with Crippen LogP contribution in [0.1, 0.15) is 32.3 Å². The summed E-state index contributed by atoms with van der Waals surface area (Å²) in [6, 6.07) is 25.3. The fraction of sp³-hybridized carbons (Fsp3) is 0.286. The molecule has 1 atom stereocenters. The molecule has 0 bridgehead atoms. The van der Waals surface area contributed by atoms with Crippen molar-refractivity contribution in [1.29, 1.82) is 0 Å². The highest BCUT2D eigenvalue weighted by molar-refractivity contribution is 8.10. The van der Waals surface area contributed by atoms with Gasteiger partial charge in [0.25, 0.3) is 0 Å². The number of methoxy groups -OCH3 is 1. The molecule has 184 valence electrons. The van der Waals surface area contributed by atoms with E-state index in [1.165, 1.54) is 24.3 Å². The van der Waals surface area contributed by atoms with Gasteiger partial charge in [0, 0.05) is 19.4 Å². The van der Waals surface area contributed by atoms with Crippen molar-refractivity contribution in [3.63, 3.8) is 0 Å². The van der Waals surface area contributed by atoms with Gasteiger partial charge in [-0.2, -0.15) is 0 Å². The van der Waals surface area contributed by atoms with Crippen LogP contribution in [0.4, 0.5) is 0 Å². The molecule has 0 amide bonds. The summed E-state index contributed by atoms with van der Waals surface area (Å²) in [6.45, 7) is 3.74. The first-order valence-electron chi connectivity index (χ1n) is 11.5. The number of sulfone groups is 2. The van der Waals surface area contributed by atoms with Gasteiger partial charge in [0.15, 0.2) is 23.8 Å². The summed E-state index contributed by atoms with van der Waals surface area (Å²) in [4.78, 5) is -0.0103. The molecule has 7 heteroatoms. The highest BCUT2D eigenvalue weighted by atomic mass is 32.3. The lowest BCUT2D eigenvalue weighted by atomic mass is 9.85. The lowest BCUT2D eigenvalue weighted by Crippen LogP contribution is -2.45. The first-order valence-corrected chi connectivity index (χ1v) is 14.4. The van der Waals surface area contributed by atoms with E-state index in [9.17, 15) is 16.8 Å². The monoisotopic (exact) mass is 510 g/mol. The molecule has 1 aliphatic rings. The maximum absolute atomic E-state index is 14.3. The van der Waals surface area contributed by atoms with Crippen molar-refractivity contribution in [2.75, 3.05) is 7.11 Å². The fourth-order valence-electron chi connectivity index (χ4n) is 4.88. The van der Waals surface area contributed by atoms with Crippen LogP contribution in [0.2, 0.25) is 0 Å². The van der Waals surface area contributed by atoms with E-state index in [1.807, 2.05) is 50.3 Å². The van der Waals surface area contributed by atoms with Crippen LogP contribution in [0.15, 0.2) is 106 Å². The van der Waals surface area contributed by atoms with E-state index < -0.39 is 35.3 Å². The molecule has 4 rings (SSSR count). The molecule has 0 spiro atoms. The maximum Gasteiger partial charge on any atom is 0.199 e. The summed E-state index contributed by atoms with van der Waals surface area (Å²) in [6.07, 6.45) is 1.66. The van der Waals surface area contributed by atoms with Gasteiger partial charge >= 0.3 is 0 Å². The Balaban J connectivity index is 2.01.